The molecule has 3 heterocycles. The maximum absolute atomic E-state index is 12.4. The molecule has 1 atom stereocenters. The minimum atomic E-state index is -3.58. The molecule has 1 saturated heterocycles. The fourth-order valence-electron chi connectivity index (χ4n) is 4.38. The number of nitrogens with two attached hydrogens (primary N) is 1. The van der Waals surface area contributed by atoms with Gasteiger partial charge in [-0.2, -0.15) is 0 Å². The number of hydrogen-bond acceptors (Lipinski definition) is 7. The highest BCUT2D eigenvalue weighted by atomic mass is 32.2. The third kappa shape index (κ3) is 4.95. The Morgan fingerprint density at radius 1 is 1.24 bits per heavy atom. The zero-order chi connectivity index (χ0) is 23.0. The van der Waals surface area contributed by atoms with Crippen molar-refractivity contribution in [2.24, 2.45) is 16.0 Å². The molecule has 1 aliphatic carbocycles. The van der Waals surface area contributed by atoms with E-state index in [0.29, 0.717) is 35.1 Å². The Morgan fingerprint density at radius 2 is 2.09 bits per heavy atom. The molecule has 33 heavy (non-hydrogen) atoms. The predicted molar refractivity (Wildman–Crippen MR) is 125 cm³/mol. The van der Waals surface area contributed by atoms with Crippen molar-refractivity contribution in [1.29, 1.82) is 0 Å². The van der Waals surface area contributed by atoms with E-state index in [2.05, 4.69) is 19.6 Å². The van der Waals surface area contributed by atoms with E-state index < -0.39 is 10.0 Å². The summed E-state index contributed by atoms with van der Waals surface area (Å²) in [6.07, 6.45) is 5.78. The van der Waals surface area contributed by atoms with Crippen molar-refractivity contribution in [3.8, 4) is 5.75 Å². The van der Waals surface area contributed by atoms with Gasteiger partial charge in [0.15, 0.2) is 0 Å². The van der Waals surface area contributed by atoms with E-state index in [0.717, 1.165) is 44.6 Å². The maximum Gasteiger partial charge on any atom is 0.259 e. The van der Waals surface area contributed by atoms with Gasteiger partial charge in [0.1, 0.15) is 17.4 Å². The summed E-state index contributed by atoms with van der Waals surface area (Å²) in [5, 5.41) is 3.02. The summed E-state index contributed by atoms with van der Waals surface area (Å²) >= 11 is 0. The predicted octanol–water partition coefficient (Wildman–Crippen LogP) is 1.82. The first-order valence-electron chi connectivity index (χ1n) is 11.2. The van der Waals surface area contributed by atoms with Gasteiger partial charge in [-0.15, -0.1) is 4.40 Å². The van der Waals surface area contributed by atoms with Crippen molar-refractivity contribution in [3.05, 3.63) is 53.2 Å². The van der Waals surface area contributed by atoms with Gasteiger partial charge in [-0.1, -0.05) is 12.1 Å². The fraction of sp³-hybridized carbons (Fsp3) is 0.435. The van der Waals surface area contributed by atoms with Crippen molar-refractivity contribution in [3.63, 3.8) is 0 Å². The van der Waals surface area contributed by atoms with Gasteiger partial charge >= 0.3 is 0 Å². The number of amides is 1. The van der Waals surface area contributed by atoms with Gasteiger partial charge in [0, 0.05) is 36.8 Å². The average Bonchev–Trinajstić information content (AvgIpc) is 3.61. The molecule has 3 N–H and O–H groups in total. The molecule has 3 aliphatic rings. The van der Waals surface area contributed by atoms with Crippen LogP contribution >= 0.6 is 0 Å². The Bertz CT molecular complexity index is 1210. The summed E-state index contributed by atoms with van der Waals surface area (Å²) in [5.41, 5.74) is 7.75. The second kappa shape index (κ2) is 8.66. The second-order valence-electron chi connectivity index (χ2n) is 8.91. The van der Waals surface area contributed by atoms with Crippen LogP contribution in [0.5, 0.6) is 5.75 Å². The molecule has 5 rings (SSSR count). The lowest BCUT2D eigenvalue weighted by atomic mass is 9.98. The number of ether oxygens (including phenoxy) is 1. The van der Waals surface area contributed by atoms with E-state index in [1.54, 1.807) is 30.5 Å². The minimum absolute atomic E-state index is 0.0254. The van der Waals surface area contributed by atoms with Gasteiger partial charge < -0.3 is 20.7 Å². The summed E-state index contributed by atoms with van der Waals surface area (Å²) in [7, 11) is -3.58. The number of amidine groups is 1. The van der Waals surface area contributed by atoms with Crippen LogP contribution in [0.2, 0.25) is 0 Å². The molecule has 0 bridgehead atoms. The monoisotopic (exact) mass is 469 g/mol. The number of benzene rings is 1. The average molecular weight is 470 g/mol. The lowest BCUT2D eigenvalue weighted by Gasteiger charge is -2.33. The van der Waals surface area contributed by atoms with Crippen molar-refractivity contribution < 1.29 is 17.9 Å². The lowest BCUT2D eigenvalue weighted by Crippen LogP contribution is -2.38. The molecule has 0 spiro atoms. The first kappa shape index (κ1) is 21.7. The number of anilines is 1. The summed E-state index contributed by atoms with van der Waals surface area (Å²) in [6.45, 7) is 2.10. The van der Waals surface area contributed by atoms with Gasteiger partial charge in [-0.25, -0.2) is 13.4 Å². The first-order chi connectivity index (χ1) is 15.9. The molecule has 1 aromatic heterocycles. The van der Waals surface area contributed by atoms with Gasteiger partial charge in [-0.05, 0) is 49.4 Å². The lowest BCUT2D eigenvalue weighted by molar-refractivity contribution is 0.0951. The summed E-state index contributed by atoms with van der Waals surface area (Å²) < 4.78 is 33.5. The molecular weight excluding hydrogens is 442 g/mol. The SMILES string of the molecule is NC1=NS(=O)(=O)Cc2cccc(OC[C@H]3CCCN(c4cc(C(=O)NC5CC5)ccn4)C3)c21. The number of rotatable bonds is 6. The van der Waals surface area contributed by atoms with Gasteiger partial charge in [-0.3, -0.25) is 4.79 Å². The van der Waals surface area contributed by atoms with Crippen LogP contribution in [0.1, 0.15) is 47.2 Å². The van der Waals surface area contributed by atoms with Crippen LogP contribution in [0.4, 0.5) is 5.82 Å². The molecule has 1 amide bonds. The van der Waals surface area contributed by atoms with Crippen LogP contribution in [0.25, 0.3) is 0 Å². The summed E-state index contributed by atoms with van der Waals surface area (Å²) in [5.74, 6) is 1.36. The van der Waals surface area contributed by atoms with Crippen LogP contribution < -0.4 is 20.7 Å². The number of nitrogens with one attached hydrogen (secondary N) is 1. The molecule has 2 aliphatic heterocycles. The fourth-order valence-corrected chi connectivity index (χ4v) is 5.47. The first-order valence-corrected chi connectivity index (χ1v) is 12.8. The maximum atomic E-state index is 12.4. The van der Waals surface area contributed by atoms with E-state index in [1.165, 1.54) is 0 Å². The number of carbonyl (C=O) groups excluding carboxylic acids is 1. The number of sulfonamides is 1. The van der Waals surface area contributed by atoms with Gasteiger partial charge in [0.2, 0.25) is 0 Å². The zero-order valence-corrected chi connectivity index (χ0v) is 19.1. The highest BCUT2D eigenvalue weighted by Gasteiger charge is 2.27. The van der Waals surface area contributed by atoms with E-state index in [1.807, 2.05) is 6.07 Å². The molecule has 0 radical (unpaired) electrons. The zero-order valence-electron chi connectivity index (χ0n) is 18.2. The third-order valence-corrected chi connectivity index (χ3v) is 7.33. The Morgan fingerprint density at radius 3 is 2.91 bits per heavy atom. The van der Waals surface area contributed by atoms with E-state index >= 15 is 0 Å². The minimum Gasteiger partial charge on any atom is -0.492 e. The Balaban J connectivity index is 1.25. The summed E-state index contributed by atoms with van der Waals surface area (Å²) in [4.78, 5) is 19.1. The van der Waals surface area contributed by atoms with E-state index in [4.69, 9.17) is 10.5 Å². The molecule has 0 unspecified atom stereocenters. The number of nitrogens with zero attached hydrogens (tertiary/aromatic N) is 3. The van der Waals surface area contributed by atoms with Crippen LogP contribution in [-0.4, -0.2) is 50.9 Å². The molecule has 1 saturated carbocycles. The molecule has 2 fully saturated rings. The van der Waals surface area contributed by atoms with Crippen molar-refractivity contribution >= 4 is 27.6 Å². The Labute approximate surface area is 193 Å². The van der Waals surface area contributed by atoms with Crippen molar-refractivity contribution in [1.82, 2.24) is 10.3 Å². The van der Waals surface area contributed by atoms with Crippen molar-refractivity contribution in [2.75, 3.05) is 24.6 Å². The van der Waals surface area contributed by atoms with E-state index in [-0.39, 0.29) is 23.4 Å². The van der Waals surface area contributed by atoms with E-state index in [9.17, 15) is 13.2 Å². The summed E-state index contributed by atoms with van der Waals surface area (Å²) in [6, 6.07) is 9.22. The Hall–Kier alpha value is -3.14. The second-order valence-corrected chi connectivity index (χ2v) is 10.5. The standard InChI is InChI=1S/C23H27N5O4S/c24-22-21-17(14-33(30,31)27-22)4-1-5-19(21)32-13-15-3-2-10-28(12-15)20-11-16(8-9-25-20)23(29)26-18-6-7-18/h1,4-5,8-9,11,15,18H,2-3,6-7,10,12-14H2,(H2,24,27)(H,26,29)/t15-/m0/s1. The van der Waals surface area contributed by atoms with Crippen LogP contribution in [-0.2, 0) is 15.8 Å². The number of hydrogen-bond donors (Lipinski definition) is 2. The largest absolute Gasteiger partial charge is 0.492 e. The Kier molecular flexibility index (Phi) is 5.69. The normalized spacial score (nSPS) is 21.6. The quantitative estimate of drug-likeness (QED) is 0.661. The molecule has 174 valence electrons. The van der Waals surface area contributed by atoms with Gasteiger partial charge in [0.25, 0.3) is 15.9 Å². The number of aromatic nitrogens is 1. The third-order valence-electron chi connectivity index (χ3n) is 6.18. The van der Waals surface area contributed by atoms with Crippen LogP contribution in [0.3, 0.4) is 0 Å². The number of piperidine rings is 1. The number of pyridine rings is 1. The molecule has 9 nitrogen and oxygen atoms in total. The molecule has 1 aromatic carbocycles. The molecule has 2 aromatic rings. The highest BCUT2D eigenvalue weighted by Crippen LogP contribution is 2.30. The molecule has 10 heteroatoms. The molecular formula is C23H27N5O4S. The number of carbonyl (C=O) groups is 1. The highest BCUT2D eigenvalue weighted by molar-refractivity contribution is 7.89. The topological polar surface area (TPSA) is 127 Å². The number of fused-ring (bicyclic) bond motifs is 1. The smallest absolute Gasteiger partial charge is 0.259 e. The van der Waals surface area contributed by atoms with Gasteiger partial charge in [0.05, 0.1) is 17.9 Å². The van der Waals surface area contributed by atoms with Crippen molar-refractivity contribution in [2.45, 2.75) is 37.5 Å². The van der Waals surface area contributed by atoms with Crippen LogP contribution in [0.15, 0.2) is 40.9 Å². The van der Waals surface area contributed by atoms with Crippen LogP contribution in [0, 0.1) is 5.92 Å².